The van der Waals surface area contributed by atoms with Gasteiger partial charge in [0.1, 0.15) is 0 Å². The van der Waals surface area contributed by atoms with Crippen molar-refractivity contribution in [3.8, 4) is 0 Å². The van der Waals surface area contributed by atoms with Gasteiger partial charge in [0.05, 0.1) is 11.9 Å². The summed E-state index contributed by atoms with van der Waals surface area (Å²) < 4.78 is 1.66. The van der Waals surface area contributed by atoms with Crippen LogP contribution in [-0.4, -0.2) is 30.4 Å². The summed E-state index contributed by atoms with van der Waals surface area (Å²) in [5.41, 5.74) is 1.59. The fraction of sp³-hybridized carbons (Fsp3) is 0.500. The molecular formula is C8H10ClN5. The van der Waals surface area contributed by atoms with E-state index in [1.165, 1.54) is 0 Å². The Kier molecular flexibility index (Phi) is 2.58. The van der Waals surface area contributed by atoms with Crippen molar-refractivity contribution in [3.63, 3.8) is 0 Å². The van der Waals surface area contributed by atoms with Crippen molar-refractivity contribution >= 4 is 17.2 Å². The summed E-state index contributed by atoms with van der Waals surface area (Å²) in [4.78, 5) is 4.05. The van der Waals surface area contributed by atoms with Crippen LogP contribution in [0.2, 0.25) is 0 Å². The largest absolute Gasteiger partial charge is 0.259 e. The molecule has 0 saturated carbocycles. The number of tetrazole rings is 1. The van der Waals surface area contributed by atoms with Crippen molar-refractivity contribution in [1.82, 2.24) is 25.0 Å². The lowest BCUT2D eigenvalue weighted by Crippen LogP contribution is -2.07. The molecule has 0 amide bonds. The molecule has 2 aromatic rings. The SMILES string of the molecule is CCC(Cl)Cc1cncc2nnnn12. The number of hydrogen-bond acceptors (Lipinski definition) is 4. The first-order valence-corrected chi connectivity index (χ1v) is 4.90. The Morgan fingerprint density at radius 3 is 3.14 bits per heavy atom. The van der Waals surface area contributed by atoms with Crippen molar-refractivity contribution in [2.45, 2.75) is 25.1 Å². The van der Waals surface area contributed by atoms with Crippen molar-refractivity contribution in [3.05, 3.63) is 18.1 Å². The molecule has 1 atom stereocenters. The van der Waals surface area contributed by atoms with Gasteiger partial charge in [-0.05, 0) is 16.8 Å². The van der Waals surface area contributed by atoms with E-state index >= 15 is 0 Å². The minimum Gasteiger partial charge on any atom is -0.259 e. The van der Waals surface area contributed by atoms with Gasteiger partial charge in [-0.25, -0.2) is 0 Å². The second kappa shape index (κ2) is 3.88. The predicted octanol–water partition coefficient (Wildman–Crippen LogP) is 1.08. The summed E-state index contributed by atoms with van der Waals surface area (Å²) in [6.07, 6.45) is 5.01. The molecule has 2 aromatic heterocycles. The van der Waals surface area contributed by atoms with E-state index in [1.54, 1.807) is 16.9 Å². The van der Waals surface area contributed by atoms with Gasteiger partial charge in [-0.2, -0.15) is 4.52 Å². The summed E-state index contributed by atoms with van der Waals surface area (Å²) in [5, 5.41) is 11.3. The molecule has 0 aliphatic heterocycles. The van der Waals surface area contributed by atoms with Crippen LogP contribution in [0.15, 0.2) is 12.4 Å². The van der Waals surface area contributed by atoms with E-state index in [4.69, 9.17) is 11.6 Å². The number of alkyl halides is 1. The van der Waals surface area contributed by atoms with Crippen molar-refractivity contribution in [1.29, 1.82) is 0 Å². The van der Waals surface area contributed by atoms with Gasteiger partial charge in [0.15, 0.2) is 5.65 Å². The molecule has 6 heteroatoms. The zero-order valence-electron chi connectivity index (χ0n) is 7.76. The Bertz CT molecular complexity index is 426. The van der Waals surface area contributed by atoms with Crippen LogP contribution in [0.5, 0.6) is 0 Å². The maximum Gasteiger partial charge on any atom is 0.197 e. The summed E-state index contributed by atoms with van der Waals surface area (Å²) in [6, 6.07) is 0. The van der Waals surface area contributed by atoms with E-state index < -0.39 is 0 Å². The molecule has 2 heterocycles. The van der Waals surface area contributed by atoms with Gasteiger partial charge in [-0.1, -0.05) is 6.92 Å². The molecule has 0 fully saturated rings. The van der Waals surface area contributed by atoms with Crippen LogP contribution in [-0.2, 0) is 6.42 Å². The van der Waals surface area contributed by atoms with Crippen molar-refractivity contribution in [2.75, 3.05) is 0 Å². The minimum absolute atomic E-state index is 0.103. The number of rotatable bonds is 3. The lowest BCUT2D eigenvalue weighted by atomic mass is 10.2. The zero-order valence-corrected chi connectivity index (χ0v) is 8.52. The van der Waals surface area contributed by atoms with Crippen LogP contribution < -0.4 is 0 Å². The molecule has 5 nitrogen and oxygen atoms in total. The van der Waals surface area contributed by atoms with Crippen molar-refractivity contribution in [2.24, 2.45) is 0 Å². The highest BCUT2D eigenvalue weighted by Gasteiger charge is 2.08. The Morgan fingerprint density at radius 1 is 1.50 bits per heavy atom. The summed E-state index contributed by atoms with van der Waals surface area (Å²) >= 11 is 6.06. The Hall–Kier alpha value is -1.23. The molecule has 0 aromatic carbocycles. The molecule has 0 spiro atoms. The Labute approximate surface area is 86.1 Å². The van der Waals surface area contributed by atoms with Gasteiger partial charge >= 0.3 is 0 Å². The molecule has 0 aliphatic rings. The summed E-state index contributed by atoms with van der Waals surface area (Å²) in [7, 11) is 0. The number of fused-ring (bicyclic) bond motifs is 1. The fourth-order valence-electron chi connectivity index (χ4n) is 1.23. The van der Waals surface area contributed by atoms with Crippen LogP contribution in [0.25, 0.3) is 5.65 Å². The monoisotopic (exact) mass is 211 g/mol. The molecule has 74 valence electrons. The number of halogens is 1. The lowest BCUT2D eigenvalue weighted by molar-refractivity contribution is 0.722. The average molecular weight is 212 g/mol. The summed E-state index contributed by atoms with van der Waals surface area (Å²) in [6.45, 7) is 2.05. The molecule has 0 saturated heterocycles. The lowest BCUT2D eigenvalue weighted by Gasteiger charge is -2.05. The standard InChI is InChI=1S/C8H10ClN5/c1-2-6(9)3-7-4-10-5-8-11-12-13-14(7)8/h4-6H,2-3H2,1H3. The first kappa shape index (κ1) is 9.33. The van der Waals surface area contributed by atoms with Crippen LogP contribution in [0.3, 0.4) is 0 Å². The Morgan fingerprint density at radius 2 is 2.36 bits per heavy atom. The predicted molar refractivity (Wildman–Crippen MR) is 52.2 cm³/mol. The number of aromatic nitrogens is 5. The first-order valence-electron chi connectivity index (χ1n) is 4.46. The van der Waals surface area contributed by atoms with Gasteiger partial charge in [0.2, 0.25) is 0 Å². The second-order valence-corrected chi connectivity index (χ2v) is 3.67. The maximum atomic E-state index is 6.06. The molecule has 0 radical (unpaired) electrons. The maximum absolute atomic E-state index is 6.06. The quantitative estimate of drug-likeness (QED) is 0.713. The molecule has 0 aliphatic carbocycles. The van der Waals surface area contributed by atoms with E-state index in [-0.39, 0.29) is 5.38 Å². The molecule has 14 heavy (non-hydrogen) atoms. The normalized spacial score (nSPS) is 13.3. The number of hydrogen-bond donors (Lipinski definition) is 0. The van der Waals surface area contributed by atoms with E-state index in [0.29, 0.717) is 5.65 Å². The number of nitrogens with zero attached hydrogens (tertiary/aromatic N) is 5. The molecule has 0 bridgehead atoms. The van der Waals surface area contributed by atoms with E-state index in [0.717, 1.165) is 18.5 Å². The highest BCUT2D eigenvalue weighted by atomic mass is 35.5. The smallest absolute Gasteiger partial charge is 0.197 e. The van der Waals surface area contributed by atoms with Crippen LogP contribution >= 0.6 is 11.6 Å². The molecule has 0 N–H and O–H groups in total. The summed E-state index contributed by atoms with van der Waals surface area (Å²) in [5.74, 6) is 0. The van der Waals surface area contributed by atoms with Gasteiger partial charge in [-0.3, -0.25) is 4.98 Å². The van der Waals surface area contributed by atoms with Crippen LogP contribution in [0.4, 0.5) is 0 Å². The third-order valence-electron chi connectivity index (χ3n) is 2.05. The molecule has 2 rings (SSSR count). The Balaban J connectivity index is 2.36. The van der Waals surface area contributed by atoms with Crippen LogP contribution in [0.1, 0.15) is 19.0 Å². The van der Waals surface area contributed by atoms with Gasteiger partial charge in [0, 0.05) is 18.0 Å². The molecular weight excluding hydrogens is 202 g/mol. The van der Waals surface area contributed by atoms with Gasteiger partial charge in [-0.15, -0.1) is 16.7 Å². The van der Waals surface area contributed by atoms with E-state index in [9.17, 15) is 0 Å². The van der Waals surface area contributed by atoms with E-state index in [1.807, 2.05) is 6.92 Å². The highest BCUT2D eigenvalue weighted by molar-refractivity contribution is 6.20. The average Bonchev–Trinajstić information content (AvgIpc) is 2.66. The van der Waals surface area contributed by atoms with Gasteiger partial charge in [0.25, 0.3) is 0 Å². The van der Waals surface area contributed by atoms with Gasteiger partial charge < -0.3 is 0 Å². The minimum atomic E-state index is 0.103. The fourth-order valence-corrected chi connectivity index (χ4v) is 1.39. The third-order valence-corrected chi connectivity index (χ3v) is 2.52. The first-order chi connectivity index (χ1) is 6.81. The second-order valence-electron chi connectivity index (χ2n) is 3.06. The van der Waals surface area contributed by atoms with E-state index in [2.05, 4.69) is 20.5 Å². The van der Waals surface area contributed by atoms with Crippen molar-refractivity contribution < 1.29 is 0 Å². The highest BCUT2D eigenvalue weighted by Crippen LogP contribution is 2.10. The molecule has 1 unspecified atom stereocenters. The zero-order chi connectivity index (χ0) is 9.97. The third kappa shape index (κ3) is 1.68. The topological polar surface area (TPSA) is 56.0 Å². The van der Waals surface area contributed by atoms with Crippen LogP contribution in [0, 0.1) is 0 Å².